The number of hydrogen-bond acceptors (Lipinski definition) is 5. The molecular weight excluding hydrogens is 545 g/mol. The average Bonchev–Trinajstić information content (AvgIpc) is 2.86. The van der Waals surface area contributed by atoms with Crippen LogP contribution in [-0.4, -0.2) is 37.2 Å². The summed E-state index contributed by atoms with van der Waals surface area (Å²) in [7, 11) is -4.00. The van der Waals surface area contributed by atoms with Crippen LogP contribution in [0.1, 0.15) is 60.3 Å². The summed E-state index contributed by atoms with van der Waals surface area (Å²) in [6, 6.07) is 18.2. The van der Waals surface area contributed by atoms with E-state index in [1.807, 2.05) is 13.0 Å². The van der Waals surface area contributed by atoms with Gasteiger partial charge in [0.25, 0.3) is 0 Å². The Morgan fingerprint density at radius 2 is 1.63 bits per heavy atom. The minimum absolute atomic E-state index is 0. The molecule has 0 aliphatic carbocycles. The molecule has 3 rings (SSSR count). The normalized spacial score (nSPS) is 13.1. The number of benzene rings is 3. The Labute approximate surface area is 236 Å². The van der Waals surface area contributed by atoms with E-state index in [9.17, 15) is 23.4 Å². The van der Waals surface area contributed by atoms with E-state index in [1.165, 1.54) is 24.3 Å². The van der Waals surface area contributed by atoms with Gasteiger partial charge in [0, 0.05) is 17.6 Å². The number of hydrogen-bond donors (Lipinski definition) is 3. The molecule has 0 heterocycles. The molecule has 0 fully saturated rings. The van der Waals surface area contributed by atoms with Gasteiger partial charge in [-0.3, -0.25) is 0 Å². The van der Waals surface area contributed by atoms with E-state index in [0.29, 0.717) is 30.3 Å². The maximum Gasteiger partial charge on any atom is 0.337 e. The van der Waals surface area contributed by atoms with Gasteiger partial charge in [-0.25, -0.2) is 13.2 Å². The molecule has 0 radical (unpaired) electrons. The molecule has 9 heteroatoms. The number of aliphatic hydroxyl groups is 1. The highest BCUT2D eigenvalue weighted by molar-refractivity contribution is 7.91. The third-order valence-corrected chi connectivity index (χ3v) is 8.31. The van der Waals surface area contributed by atoms with Crippen molar-refractivity contribution in [1.29, 1.82) is 0 Å². The SMILES string of the molecule is CC(C)CCc1ccc(S(=O)(=O)c2ccc(C[C@@H](C)NC[C@@H](O)c3cccc(Cl)c3)cc2)c(C(=O)O)c1.Cl. The van der Waals surface area contributed by atoms with Gasteiger partial charge in [0.05, 0.1) is 21.5 Å². The molecule has 2 atom stereocenters. The third-order valence-electron chi connectivity index (χ3n) is 6.24. The molecule has 6 nitrogen and oxygen atoms in total. The van der Waals surface area contributed by atoms with Gasteiger partial charge in [-0.2, -0.15) is 0 Å². The van der Waals surface area contributed by atoms with Crippen LogP contribution < -0.4 is 5.32 Å². The Morgan fingerprint density at radius 1 is 0.974 bits per heavy atom. The maximum atomic E-state index is 13.3. The molecule has 3 aromatic carbocycles. The van der Waals surface area contributed by atoms with Crippen LogP contribution in [0.4, 0.5) is 0 Å². The number of nitrogens with one attached hydrogen (secondary N) is 1. The summed E-state index contributed by atoms with van der Waals surface area (Å²) in [4.78, 5) is 11.7. The Morgan fingerprint density at radius 3 is 2.24 bits per heavy atom. The summed E-state index contributed by atoms with van der Waals surface area (Å²) >= 11 is 5.99. The fraction of sp³-hybridized carbons (Fsp3) is 0.345. The molecule has 0 saturated carbocycles. The quantitative estimate of drug-likeness (QED) is 0.238. The van der Waals surface area contributed by atoms with Gasteiger partial charge in [-0.1, -0.05) is 55.8 Å². The Hall–Kier alpha value is -2.42. The average molecular weight is 581 g/mol. The van der Waals surface area contributed by atoms with Crippen molar-refractivity contribution in [3.8, 4) is 0 Å². The lowest BCUT2D eigenvalue weighted by Gasteiger charge is -2.18. The first kappa shape index (κ1) is 31.8. The summed E-state index contributed by atoms with van der Waals surface area (Å²) in [6.45, 7) is 6.50. The predicted octanol–water partition coefficient (Wildman–Crippen LogP) is 6.14. The molecule has 0 unspecified atom stereocenters. The van der Waals surface area contributed by atoms with E-state index in [1.54, 1.807) is 36.4 Å². The highest BCUT2D eigenvalue weighted by Crippen LogP contribution is 2.27. The van der Waals surface area contributed by atoms with Gasteiger partial charge in [-0.05, 0) is 85.2 Å². The summed E-state index contributed by atoms with van der Waals surface area (Å²) in [6.07, 6.45) is 1.50. The van der Waals surface area contributed by atoms with Crippen molar-refractivity contribution in [3.05, 3.63) is 94.0 Å². The van der Waals surface area contributed by atoms with E-state index in [4.69, 9.17) is 11.6 Å². The molecule has 0 spiro atoms. The van der Waals surface area contributed by atoms with E-state index < -0.39 is 21.9 Å². The first-order chi connectivity index (χ1) is 17.5. The summed E-state index contributed by atoms with van der Waals surface area (Å²) < 4.78 is 26.6. The van der Waals surface area contributed by atoms with Crippen LogP contribution in [-0.2, 0) is 22.7 Å². The lowest BCUT2D eigenvalue weighted by molar-refractivity contribution is 0.0692. The van der Waals surface area contributed by atoms with Gasteiger partial charge in [0.1, 0.15) is 0 Å². The van der Waals surface area contributed by atoms with E-state index in [0.717, 1.165) is 23.1 Å². The van der Waals surface area contributed by atoms with Crippen molar-refractivity contribution >= 4 is 39.8 Å². The standard InChI is InChI=1S/C29H34ClNO5S.ClH/c1-19(2)7-8-22-11-14-28(26(16-22)29(33)34)37(35,36)25-12-9-21(10-13-25)15-20(3)31-18-27(32)23-5-4-6-24(30)17-23;/h4-6,9-14,16-17,19-20,27,31-32H,7-8,15,18H2,1-3H3,(H,33,34);1H/t20-,27-;/m1./s1. The van der Waals surface area contributed by atoms with Crippen molar-refractivity contribution in [2.45, 2.75) is 62.0 Å². The summed E-state index contributed by atoms with van der Waals surface area (Å²) in [5, 5.41) is 24.0. The molecule has 38 heavy (non-hydrogen) atoms. The molecule has 0 bridgehead atoms. The molecule has 3 aromatic rings. The Bertz CT molecular complexity index is 1330. The lowest BCUT2D eigenvalue weighted by Crippen LogP contribution is -2.32. The second-order valence-electron chi connectivity index (χ2n) is 9.80. The number of aliphatic hydroxyl groups excluding tert-OH is 1. The lowest BCUT2D eigenvalue weighted by atomic mass is 10.0. The highest BCUT2D eigenvalue weighted by Gasteiger charge is 2.25. The molecule has 0 aromatic heterocycles. The van der Waals surface area contributed by atoms with E-state index in [2.05, 4.69) is 19.2 Å². The monoisotopic (exact) mass is 579 g/mol. The fourth-order valence-electron chi connectivity index (χ4n) is 4.09. The number of halogens is 2. The van der Waals surface area contributed by atoms with Crippen LogP contribution >= 0.6 is 24.0 Å². The zero-order valence-electron chi connectivity index (χ0n) is 21.7. The van der Waals surface area contributed by atoms with Crippen molar-refractivity contribution in [3.63, 3.8) is 0 Å². The second-order valence-corrected chi connectivity index (χ2v) is 12.2. The number of sulfone groups is 1. The van der Waals surface area contributed by atoms with Crippen LogP contribution in [0.25, 0.3) is 0 Å². The molecule has 0 amide bonds. The second kappa shape index (κ2) is 14.1. The van der Waals surface area contributed by atoms with Crippen LogP contribution in [0, 0.1) is 5.92 Å². The van der Waals surface area contributed by atoms with Crippen molar-refractivity contribution in [1.82, 2.24) is 5.32 Å². The van der Waals surface area contributed by atoms with Gasteiger partial charge in [0.15, 0.2) is 0 Å². The zero-order chi connectivity index (χ0) is 27.2. The van der Waals surface area contributed by atoms with Gasteiger partial charge >= 0.3 is 5.97 Å². The molecular formula is C29H35Cl2NO5S. The van der Waals surface area contributed by atoms with Gasteiger partial charge < -0.3 is 15.5 Å². The molecule has 0 aliphatic rings. The highest BCUT2D eigenvalue weighted by atomic mass is 35.5. The topological polar surface area (TPSA) is 104 Å². The zero-order valence-corrected chi connectivity index (χ0v) is 24.1. The first-order valence-corrected chi connectivity index (χ1v) is 14.2. The summed E-state index contributed by atoms with van der Waals surface area (Å²) in [5.74, 6) is -0.803. The molecule has 0 aliphatic heterocycles. The van der Waals surface area contributed by atoms with Crippen molar-refractivity contribution in [2.75, 3.05) is 6.54 Å². The van der Waals surface area contributed by atoms with Crippen LogP contribution in [0.15, 0.2) is 76.5 Å². The molecule has 206 valence electrons. The van der Waals surface area contributed by atoms with Crippen molar-refractivity contribution in [2.24, 2.45) is 5.92 Å². The van der Waals surface area contributed by atoms with Gasteiger partial charge in [0.2, 0.25) is 9.84 Å². The number of carboxylic acid groups (broad SMARTS) is 1. The third kappa shape index (κ3) is 8.55. The van der Waals surface area contributed by atoms with E-state index >= 15 is 0 Å². The Balaban J connectivity index is 0.00000507. The number of rotatable bonds is 12. The fourth-order valence-corrected chi connectivity index (χ4v) is 5.72. The largest absolute Gasteiger partial charge is 0.478 e. The summed E-state index contributed by atoms with van der Waals surface area (Å²) in [5.41, 5.74) is 2.25. The maximum absolute atomic E-state index is 13.3. The molecule has 0 saturated heterocycles. The van der Waals surface area contributed by atoms with Crippen LogP contribution in [0.3, 0.4) is 0 Å². The number of aryl methyl sites for hydroxylation is 1. The van der Waals surface area contributed by atoms with Gasteiger partial charge in [-0.15, -0.1) is 12.4 Å². The van der Waals surface area contributed by atoms with Crippen LogP contribution in [0.5, 0.6) is 0 Å². The minimum Gasteiger partial charge on any atom is -0.478 e. The first-order valence-electron chi connectivity index (χ1n) is 12.3. The minimum atomic E-state index is -4.00. The molecule has 3 N–H and O–H groups in total. The Kier molecular flexibility index (Phi) is 11.8. The number of carbonyl (C=O) groups is 1. The predicted molar refractivity (Wildman–Crippen MR) is 153 cm³/mol. The number of aromatic carboxylic acids is 1. The van der Waals surface area contributed by atoms with Crippen LogP contribution in [0.2, 0.25) is 5.02 Å². The number of carboxylic acids is 1. The van der Waals surface area contributed by atoms with E-state index in [-0.39, 0.29) is 33.8 Å². The van der Waals surface area contributed by atoms with Crippen molar-refractivity contribution < 1.29 is 23.4 Å². The smallest absolute Gasteiger partial charge is 0.337 e.